The number of halogens is 1. The first kappa shape index (κ1) is 32.3. The zero-order valence-corrected chi connectivity index (χ0v) is 24.1. The number of fused-ring (bicyclic) bond motifs is 1. The zero-order valence-electron chi connectivity index (χ0n) is 23.3. The summed E-state index contributed by atoms with van der Waals surface area (Å²) in [4.78, 5) is 41.0. The molecule has 8 nitrogen and oxygen atoms in total. The molecule has 9 heteroatoms. The molecule has 1 unspecified atom stereocenters. The molecule has 0 aromatic heterocycles. The number of nitrogens with zero attached hydrogens (tertiary/aromatic N) is 1. The summed E-state index contributed by atoms with van der Waals surface area (Å²) in [7, 11) is 0. The van der Waals surface area contributed by atoms with Crippen LogP contribution < -0.4 is 21.3 Å². The van der Waals surface area contributed by atoms with Crippen LogP contribution in [0.1, 0.15) is 28.8 Å². The number of nitrogens with one attached hydrogen (secondary N) is 2. The van der Waals surface area contributed by atoms with Crippen molar-refractivity contribution in [3.05, 3.63) is 114 Å². The van der Waals surface area contributed by atoms with E-state index >= 15 is 0 Å². The van der Waals surface area contributed by atoms with Crippen LogP contribution in [0.3, 0.4) is 0 Å². The number of amides is 3. The van der Waals surface area contributed by atoms with Gasteiger partial charge in [-0.1, -0.05) is 78.9 Å². The fourth-order valence-electron chi connectivity index (χ4n) is 4.59. The van der Waals surface area contributed by atoms with Crippen LogP contribution in [0.25, 0.3) is 10.8 Å². The highest BCUT2D eigenvalue weighted by molar-refractivity contribution is 6.06. The Morgan fingerprint density at radius 2 is 1.48 bits per heavy atom. The summed E-state index contributed by atoms with van der Waals surface area (Å²) in [6, 6.07) is 31.4. The normalized spacial score (nSPS) is 12.0. The Hall–Kier alpha value is -4.24. The van der Waals surface area contributed by atoms with E-state index in [1.807, 2.05) is 91.0 Å². The van der Waals surface area contributed by atoms with E-state index in [1.54, 1.807) is 17.0 Å². The van der Waals surface area contributed by atoms with E-state index in [9.17, 15) is 19.5 Å². The molecule has 0 aliphatic carbocycles. The molecule has 0 radical (unpaired) electrons. The Morgan fingerprint density at radius 3 is 2.17 bits per heavy atom. The first-order valence-electron chi connectivity index (χ1n) is 13.8. The van der Waals surface area contributed by atoms with Crippen LogP contribution in [0, 0.1) is 0 Å². The van der Waals surface area contributed by atoms with Gasteiger partial charge in [0.05, 0.1) is 6.10 Å². The number of benzene rings is 4. The van der Waals surface area contributed by atoms with Gasteiger partial charge in [0.1, 0.15) is 6.04 Å². The van der Waals surface area contributed by atoms with Gasteiger partial charge in [0, 0.05) is 43.7 Å². The SMILES string of the molecule is Cl.NCC(O)CNC(=O)[C@@H](Cc1ccc2ccccc2c1)NC(=O)CCCN(C(=O)c1ccccc1)c1ccccc1. The van der Waals surface area contributed by atoms with Crippen molar-refractivity contribution < 1.29 is 19.5 Å². The molecule has 0 heterocycles. The van der Waals surface area contributed by atoms with Gasteiger partial charge >= 0.3 is 0 Å². The maximum absolute atomic E-state index is 13.3. The van der Waals surface area contributed by atoms with Crippen LogP contribution in [0.5, 0.6) is 0 Å². The Labute approximate surface area is 252 Å². The summed E-state index contributed by atoms with van der Waals surface area (Å²) < 4.78 is 0. The summed E-state index contributed by atoms with van der Waals surface area (Å²) in [5.41, 5.74) is 7.67. The molecule has 0 spiro atoms. The molecule has 0 bridgehead atoms. The van der Waals surface area contributed by atoms with Crippen molar-refractivity contribution in [1.29, 1.82) is 0 Å². The molecule has 0 fully saturated rings. The van der Waals surface area contributed by atoms with Gasteiger partial charge in [-0.15, -0.1) is 12.4 Å². The van der Waals surface area contributed by atoms with Gasteiger partial charge in [-0.05, 0) is 47.0 Å². The summed E-state index contributed by atoms with van der Waals surface area (Å²) in [5, 5.41) is 17.5. The number of aliphatic hydroxyl groups excluding tert-OH is 1. The summed E-state index contributed by atoms with van der Waals surface area (Å²) >= 11 is 0. The highest BCUT2D eigenvalue weighted by Gasteiger charge is 2.23. The van der Waals surface area contributed by atoms with E-state index in [0.29, 0.717) is 18.5 Å². The second-order valence-electron chi connectivity index (χ2n) is 9.90. The molecule has 42 heavy (non-hydrogen) atoms. The standard InChI is InChI=1S/C33H36N4O4.ClH/c34-22-29(38)23-35-32(40)30(21-24-17-18-25-10-7-8-13-27(25)20-24)36-31(39)16-9-19-37(28-14-5-2-6-15-28)33(41)26-11-3-1-4-12-26;/h1-8,10-15,17-18,20,29-30,38H,9,16,19,21-23,34H2,(H,35,40)(H,36,39);1H/t29?,30-;/m1./s1. The van der Waals surface area contributed by atoms with E-state index in [-0.39, 0.29) is 50.2 Å². The second-order valence-corrected chi connectivity index (χ2v) is 9.90. The van der Waals surface area contributed by atoms with E-state index in [2.05, 4.69) is 10.6 Å². The molecule has 4 aromatic rings. The van der Waals surface area contributed by atoms with Crippen LogP contribution in [-0.4, -0.2) is 54.6 Å². The summed E-state index contributed by atoms with van der Waals surface area (Å²) in [6.45, 7) is 0.337. The average molecular weight is 589 g/mol. The van der Waals surface area contributed by atoms with Gasteiger partial charge in [-0.25, -0.2) is 0 Å². The predicted octanol–water partition coefficient (Wildman–Crippen LogP) is 3.85. The minimum atomic E-state index is -0.873. The molecule has 4 rings (SSSR count). The quantitative estimate of drug-likeness (QED) is 0.189. The lowest BCUT2D eigenvalue weighted by Gasteiger charge is -2.23. The maximum Gasteiger partial charge on any atom is 0.258 e. The first-order chi connectivity index (χ1) is 19.9. The number of hydrogen-bond donors (Lipinski definition) is 4. The average Bonchev–Trinajstić information content (AvgIpc) is 3.02. The van der Waals surface area contributed by atoms with Crippen molar-refractivity contribution in [2.75, 3.05) is 24.5 Å². The molecule has 0 aliphatic heterocycles. The number of para-hydroxylation sites is 1. The summed E-state index contributed by atoms with van der Waals surface area (Å²) in [5.74, 6) is -0.848. The Kier molecular flexibility index (Phi) is 12.5. The number of anilines is 1. The Bertz CT molecular complexity index is 1450. The number of carbonyl (C=O) groups excluding carboxylic acids is 3. The molecule has 220 valence electrons. The minimum absolute atomic E-state index is 0. The van der Waals surface area contributed by atoms with Crippen LogP contribution in [0.4, 0.5) is 5.69 Å². The monoisotopic (exact) mass is 588 g/mol. The molecule has 5 N–H and O–H groups in total. The smallest absolute Gasteiger partial charge is 0.258 e. The number of nitrogens with two attached hydrogens (primary N) is 1. The van der Waals surface area contributed by atoms with Crippen molar-refractivity contribution in [2.45, 2.75) is 31.4 Å². The van der Waals surface area contributed by atoms with E-state index in [0.717, 1.165) is 22.0 Å². The molecule has 4 aromatic carbocycles. The van der Waals surface area contributed by atoms with Crippen LogP contribution in [-0.2, 0) is 16.0 Å². The third-order valence-corrected chi connectivity index (χ3v) is 6.81. The molecule has 2 atom stereocenters. The third kappa shape index (κ3) is 9.14. The first-order valence-corrected chi connectivity index (χ1v) is 13.8. The fourth-order valence-corrected chi connectivity index (χ4v) is 4.59. The van der Waals surface area contributed by atoms with Gasteiger partial charge in [0.15, 0.2) is 0 Å². The number of hydrogen-bond acceptors (Lipinski definition) is 5. The lowest BCUT2D eigenvalue weighted by atomic mass is 10.0. The lowest BCUT2D eigenvalue weighted by molar-refractivity contribution is -0.129. The van der Waals surface area contributed by atoms with Crippen molar-refractivity contribution in [1.82, 2.24) is 10.6 Å². The number of rotatable bonds is 13. The van der Waals surface area contributed by atoms with Gasteiger partial charge < -0.3 is 26.4 Å². The van der Waals surface area contributed by atoms with Crippen LogP contribution in [0.2, 0.25) is 0 Å². The molecule has 0 saturated carbocycles. The van der Waals surface area contributed by atoms with Crippen molar-refractivity contribution in [2.24, 2.45) is 5.73 Å². The Balaban J connectivity index is 0.00000484. The van der Waals surface area contributed by atoms with Gasteiger partial charge in [0.2, 0.25) is 11.8 Å². The van der Waals surface area contributed by atoms with Gasteiger partial charge in [-0.3, -0.25) is 14.4 Å². The second kappa shape index (κ2) is 16.3. The topological polar surface area (TPSA) is 125 Å². The highest BCUT2D eigenvalue weighted by atomic mass is 35.5. The summed E-state index contributed by atoms with van der Waals surface area (Å²) in [6.07, 6.45) is -0.0699. The number of aliphatic hydroxyl groups is 1. The predicted molar refractivity (Wildman–Crippen MR) is 169 cm³/mol. The molecule has 0 aliphatic rings. The maximum atomic E-state index is 13.3. The van der Waals surface area contributed by atoms with E-state index < -0.39 is 18.1 Å². The molecule has 0 saturated heterocycles. The van der Waals surface area contributed by atoms with Crippen molar-refractivity contribution >= 4 is 46.6 Å². The van der Waals surface area contributed by atoms with Gasteiger partial charge in [0.25, 0.3) is 5.91 Å². The lowest BCUT2D eigenvalue weighted by Crippen LogP contribution is -2.50. The van der Waals surface area contributed by atoms with Crippen molar-refractivity contribution in [3.8, 4) is 0 Å². The fraction of sp³-hybridized carbons (Fsp3) is 0.242. The molecular weight excluding hydrogens is 552 g/mol. The Morgan fingerprint density at radius 1 is 0.833 bits per heavy atom. The van der Waals surface area contributed by atoms with Crippen molar-refractivity contribution in [3.63, 3.8) is 0 Å². The highest BCUT2D eigenvalue weighted by Crippen LogP contribution is 2.19. The minimum Gasteiger partial charge on any atom is -0.390 e. The van der Waals surface area contributed by atoms with E-state index in [4.69, 9.17) is 5.73 Å². The van der Waals surface area contributed by atoms with Crippen LogP contribution in [0.15, 0.2) is 103 Å². The number of carbonyl (C=O) groups is 3. The van der Waals surface area contributed by atoms with Gasteiger partial charge in [-0.2, -0.15) is 0 Å². The van der Waals surface area contributed by atoms with Crippen LogP contribution >= 0.6 is 12.4 Å². The van der Waals surface area contributed by atoms with E-state index in [1.165, 1.54) is 0 Å². The largest absolute Gasteiger partial charge is 0.390 e. The zero-order chi connectivity index (χ0) is 29.0. The molecular formula is C33H37ClN4O4. The molecule has 3 amide bonds. The third-order valence-electron chi connectivity index (χ3n) is 6.81.